The first-order valence-electron chi connectivity index (χ1n) is 13.5. The van der Waals surface area contributed by atoms with Crippen LogP contribution in [0.1, 0.15) is 75.1 Å². The lowest BCUT2D eigenvalue weighted by atomic mass is 9.89. The third kappa shape index (κ3) is 7.35. The van der Waals surface area contributed by atoms with Crippen LogP contribution < -0.4 is 4.74 Å². The smallest absolute Gasteiger partial charge is 0.131 e. The number of hydrogen-bond acceptors (Lipinski definition) is 2. The molecule has 2 unspecified atom stereocenters. The van der Waals surface area contributed by atoms with Gasteiger partial charge in [0.2, 0.25) is 0 Å². The summed E-state index contributed by atoms with van der Waals surface area (Å²) in [7, 11) is -0.389. The molecule has 0 spiro atoms. The van der Waals surface area contributed by atoms with Crippen molar-refractivity contribution in [2.75, 3.05) is 12.4 Å². The van der Waals surface area contributed by atoms with Gasteiger partial charge in [-0.2, -0.15) is 10.5 Å². The molecule has 3 aromatic carbocycles. The Labute approximate surface area is 229 Å². The maximum absolute atomic E-state index is 15.1. The Balaban J connectivity index is 0.000000732. The van der Waals surface area contributed by atoms with Gasteiger partial charge in [0.1, 0.15) is 17.3 Å². The predicted octanol–water partition coefficient (Wildman–Crippen LogP) is 9.59. The monoisotopic (exact) mass is 538 g/mol. The van der Waals surface area contributed by atoms with Crippen molar-refractivity contribution in [3.63, 3.8) is 0 Å². The minimum absolute atomic E-state index is 0.156. The van der Waals surface area contributed by atoms with Gasteiger partial charge in [-0.25, -0.2) is 4.39 Å². The molecule has 204 valence electrons. The molecule has 38 heavy (non-hydrogen) atoms. The average molecular weight is 539 g/mol. The highest BCUT2D eigenvalue weighted by atomic mass is 32.2. The summed E-state index contributed by atoms with van der Waals surface area (Å²) in [5, 5.41) is 10.1. The van der Waals surface area contributed by atoms with E-state index in [0.717, 1.165) is 70.6 Å². The molecule has 0 fully saturated rings. The molecular weight excluding hydrogens is 498 g/mol. The molecule has 0 aromatic heterocycles. The van der Waals surface area contributed by atoms with Crippen molar-refractivity contribution in [3.05, 3.63) is 88.7 Å². The van der Waals surface area contributed by atoms with Crippen LogP contribution in [0.2, 0.25) is 0 Å². The van der Waals surface area contributed by atoms with Gasteiger partial charge in [0.05, 0.1) is 12.8 Å². The quantitative estimate of drug-likeness (QED) is 0.275. The lowest BCUT2D eigenvalue weighted by Crippen LogP contribution is -2.14. The Kier molecular flexibility index (Phi) is 11.1. The van der Waals surface area contributed by atoms with Crippen molar-refractivity contribution in [1.82, 2.24) is 0 Å². The Morgan fingerprint density at radius 2 is 1.68 bits per heavy atom. The number of ether oxygens (including phenoxy) is 1. The van der Waals surface area contributed by atoms with E-state index in [0.29, 0.717) is 11.3 Å². The van der Waals surface area contributed by atoms with Crippen LogP contribution in [0.15, 0.2) is 65.6 Å². The highest BCUT2D eigenvalue weighted by Crippen LogP contribution is 2.48. The molecule has 0 saturated heterocycles. The van der Waals surface area contributed by atoms with Gasteiger partial charge < -0.3 is 9.84 Å². The fraction of sp³-hybridized carbons (Fsp3) is 0.364. The highest BCUT2D eigenvalue weighted by Gasteiger charge is 2.25. The normalized spacial score (nSPS) is 15.4. The molecule has 0 aliphatic carbocycles. The van der Waals surface area contributed by atoms with Crippen LogP contribution in [-0.4, -0.2) is 29.5 Å². The van der Waals surface area contributed by atoms with Gasteiger partial charge in [-0.15, -0.1) is 0 Å². The number of unbranched alkanes of at least 4 members (excludes halogenated alkanes) is 1. The molecule has 0 radical (unpaired) electrons. The zero-order valence-corrected chi connectivity index (χ0v) is 23.8. The van der Waals surface area contributed by atoms with E-state index >= 15 is 4.39 Å². The van der Waals surface area contributed by atoms with Crippen LogP contribution in [0.4, 0.5) is 8.78 Å². The molecule has 2 atom stereocenters. The van der Waals surface area contributed by atoms with Gasteiger partial charge in [0, 0.05) is 16.2 Å². The third-order valence-electron chi connectivity index (χ3n) is 6.61. The first-order valence-corrected chi connectivity index (χ1v) is 15.1. The van der Waals surface area contributed by atoms with Gasteiger partial charge in [-0.1, -0.05) is 63.7 Å². The second-order valence-corrected chi connectivity index (χ2v) is 11.4. The molecule has 4 rings (SSSR count). The van der Waals surface area contributed by atoms with E-state index < -0.39 is 0 Å². The molecule has 3 aromatic rings. The number of halogens is 2. The van der Waals surface area contributed by atoms with E-state index in [9.17, 15) is 9.50 Å². The van der Waals surface area contributed by atoms with E-state index in [-0.39, 0.29) is 34.8 Å². The first kappa shape index (κ1) is 29.6. The number of phenols is 1. The van der Waals surface area contributed by atoms with Crippen molar-refractivity contribution < 1.29 is 18.6 Å². The van der Waals surface area contributed by atoms with Crippen LogP contribution in [0.3, 0.4) is 0 Å². The standard InChI is InChI=1S/C29H31FO2S.C4H9F/c1-5-7-22(6-2)32-23-12-9-20(10-13-23)29-25-15-11-21(31)17-28(25)33(4)18-26(29)24-14-8-19(3)16-27(24)30;1-2-3-4-5/h8-17,22,31H,4-7,18H2,1-3H3;2-4H2,1H3. The van der Waals surface area contributed by atoms with Gasteiger partial charge in [0.25, 0.3) is 0 Å². The van der Waals surface area contributed by atoms with Gasteiger partial charge in [-0.3, -0.25) is 4.39 Å². The van der Waals surface area contributed by atoms with Crippen molar-refractivity contribution in [2.24, 2.45) is 0 Å². The number of aromatic hydroxyl groups is 1. The molecule has 1 N–H and O–H groups in total. The minimum atomic E-state index is -0.389. The molecule has 0 saturated carbocycles. The first-order chi connectivity index (χ1) is 18.3. The molecule has 0 amide bonds. The second kappa shape index (κ2) is 14.3. The summed E-state index contributed by atoms with van der Waals surface area (Å²) in [6.07, 6.45) is 4.99. The van der Waals surface area contributed by atoms with Gasteiger partial charge in [-0.05, 0) is 90.4 Å². The maximum Gasteiger partial charge on any atom is 0.131 e. The number of phenolic OH excluding ortho intramolecular Hbond substituents is 1. The van der Waals surface area contributed by atoms with Crippen LogP contribution in [-0.2, 0) is 0 Å². The average Bonchev–Trinajstić information content (AvgIpc) is 2.90. The molecule has 1 aliphatic rings. The van der Waals surface area contributed by atoms with E-state index in [1.54, 1.807) is 18.2 Å². The number of fused-ring (bicyclic) bond motifs is 1. The zero-order valence-electron chi connectivity index (χ0n) is 23.0. The summed E-state index contributed by atoms with van der Waals surface area (Å²) in [5.41, 5.74) is 5.46. The Bertz CT molecular complexity index is 1260. The molecule has 2 nitrogen and oxygen atoms in total. The highest BCUT2D eigenvalue weighted by molar-refractivity contribution is 8.14. The fourth-order valence-corrected chi connectivity index (χ4v) is 6.12. The number of hydrogen-bond donors (Lipinski definition) is 1. The molecule has 1 heterocycles. The van der Waals surface area contributed by atoms with Crippen molar-refractivity contribution in [1.29, 1.82) is 0 Å². The lowest BCUT2D eigenvalue weighted by Gasteiger charge is -2.27. The van der Waals surface area contributed by atoms with Gasteiger partial charge >= 0.3 is 0 Å². The van der Waals surface area contributed by atoms with Crippen molar-refractivity contribution in [2.45, 2.75) is 70.8 Å². The number of alkyl halides is 1. The maximum atomic E-state index is 15.1. The Morgan fingerprint density at radius 3 is 2.26 bits per heavy atom. The Hall–Kier alpha value is -2.92. The molecule has 0 bridgehead atoms. The third-order valence-corrected chi connectivity index (χ3v) is 8.21. The molecular formula is C33H40F2O2S. The fourth-order valence-electron chi connectivity index (χ4n) is 4.54. The van der Waals surface area contributed by atoms with Crippen LogP contribution in [0.5, 0.6) is 11.5 Å². The van der Waals surface area contributed by atoms with Crippen molar-refractivity contribution in [3.8, 4) is 11.5 Å². The largest absolute Gasteiger partial charge is 0.508 e. The molecule has 1 aliphatic heterocycles. The minimum Gasteiger partial charge on any atom is -0.508 e. The topological polar surface area (TPSA) is 29.5 Å². The summed E-state index contributed by atoms with van der Waals surface area (Å²) in [6, 6.07) is 18.9. The summed E-state index contributed by atoms with van der Waals surface area (Å²) in [4.78, 5) is 1.01. The summed E-state index contributed by atoms with van der Waals surface area (Å²) >= 11 is 0. The Morgan fingerprint density at radius 1 is 0.974 bits per heavy atom. The summed E-state index contributed by atoms with van der Waals surface area (Å²) < 4.78 is 32.3. The predicted molar refractivity (Wildman–Crippen MR) is 160 cm³/mol. The number of aryl methyl sites for hydroxylation is 1. The second-order valence-electron chi connectivity index (χ2n) is 9.66. The SMILES string of the molecule is C=S1CC(c2ccc(C)cc2F)=C(c2ccc(OC(CC)CCC)cc2)c2ccc(O)cc21.CCCCF. The van der Waals surface area contributed by atoms with E-state index in [4.69, 9.17) is 4.74 Å². The van der Waals surface area contributed by atoms with E-state index in [2.05, 4.69) is 31.9 Å². The number of benzene rings is 3. The summed E-state index contributed by atoms with van der Waals surface area (Å²) in [5.74, 6) is 5.83. The van der Waals surface area contributed by atoms with Crippen molar-refractivity contribution >= 4 is 27.5 Å². The molecule has 5 heteroatoms. The summed E-state index contributed by atoms with van der Waals surface area (Å²) in [6.45, 7) is 8.03. The number of rotatable bonds is 9. The lowest BCUT2D eigenvalue weighted by molar-refractivity contribution is 0.186. The zero-order chi connectivity index (χ0) is 27.7. The van der Waals surface area contributed by atoms with Crippen LogP contribution >= 0.6 is 10.5 Å². The van der Waals surface area contributed by atoms with E-state index in [1.165, 1.54) is 0 Å². The van der Waals surface area contributed by atoms with Gasteiger partial charge in [0.15, 0.2) is 0 Å². The van der Waals surface area contributed by atoms with Crippen LogP contribution in [0, 0.1) is 12.7 Å². The van der Waals surface area contributed by atoms with Crippen LogP contribution in [0.25, 0.3) is 11.1 Å². The van der Waals surface area contributed by atoms with E-state index in [1.807, 2.05) is 44.2 Å².